The van der Waals surface area contributed by atoms with Gasteiger partial charge in [0.25, 0.3) is 0 Å². The van der Waals surface area contributed by atoms with Crippen molar-refractivity contribution in [3.05, 3.63) is 18.0 Å². The van der Waals surface area contributed by atoms with Gasteiger partial charge in [-0.2, -0.15) is 5.26 Å². The number of nitrogens with two attached hydrogens (primary N) is 1. The van der Waals surface area contributed by atoms with E-state index in [1.807, 2.05) is 13.0 Å². The maximum Gasteiger partial charge on any atom is 0.226 e. The number of hydrogen-bond donors (Lipinski definition) is 1. The van der Waals surface area contributed by atoms with Crippen LogP contribution in [-0.2, 0) is 0 Å². The van der Waals surface area contributed by atoms with E-state index in [0.717, 1.165) is 19.4 Å². The summed E-state index contributed by atoms with van der Waals surface area (Å²) >= 11 is 0. The van der Waals surface area contributed by atoms with E-state index >= 15 is 0 Å². The SMILES string of the molecule is CC(N)C1CCCCN1c1nccc(C#N)n1. The van der Waals surface area contributed by atoms with Gasteiger partial charge in [-0.1, -0.05) is 0 Å². The zero-order chi connectivity index (χ0) is 12.3. The van der Waals surface area contributed by atoms with E-state index in [9.17, 15) is 0 Å². The quantitative estimate of drug-likeness (QED) is 0.823. The van der Waals surface area contributed by atoms with Gasteiger partial charge in [-0.05, 0) is 32.3 Å². The molecule has 2 rings (SSSR count). The molecule has 0 amide bonds. The van der Waals surface area contributed by atoms with Crippen LogP contribution in [0.3, 0.4) is 0 Å². The number of anilines is 1. The average Bonchev–Trinajstić information content (AvgIpc) is 2.39. The maximum absolute atomic E-state index is 8.85. The Kier molecular flexibility index (Phi) is 3.55. The summed E-state index contributed by atoms with van der Waals surface area (Å²) in [6, 6.07) is 4.02. The molecule has 0 radical (unpaired) electrons. The largest absolute Gasteiger partial charge is 0.336 e. The molecular formula is C12H17N5. The second-order valence-corrected chi connectivity index (χ2v) is 4.47. The van der Waals surface area contributed by atoms with Crippen LogP contribution in [0.1, 0.15) is 31.9 Å². The van der Waals surface area contributed by atoms with E-state index < -0.39 is 0 Å². The summed E-state index contributed by atoms with van der Waals surface area (Å²) in [5.41, 5.74) is 6.41. The van der Waals surface area contributed by atoms with Crippen molar-refractivity contribution < 1.29 is 0 Å². The van der Waals surface area contributed by atoms with Crippen LogP contribution in [0.2, 0.25) is 0 Å². The number of aromatic nitrogens is 2. The Labute approximate surface area is 101 Å². The number of nitrogens with zero attached hydrogens (tertiary/aromatic N) is 4. The van der Waals surface area contributed by atoms with Gasteiger partial charge in [0.1, 0.15) is 11.8 Å². The van der Waals surface area contributed by atoms with Crippen molar-refractivity contribution in [3.8, 4) is 6.07 Å². The summed E-state index contributed by atoms with van der Waals surface area (Å²) in [5.74, 6) is 0.631. The predicted molar refractivity (Wildman–Crippen MR) is 65.4 cm³/mol. The van der Waals surface area contributed by atoms with Crippen LogP contribution in [0.5, 0.6) is 0 Å². The van der Waals surface area contributed by atoms with E-state index in [2.05, 4.69) is 14.9 Å². The maximum atomic E-state index is 8.85. The molecule has 0 saturated carbocycles. The summed E-state index contributed by atoms with van der Waals surface area (Å²) in [6.07, 6.45) is 5.02. The minimum absolute atomic E-state index is 0.0876. The molecule has 1 saturated heterocycles. The summed E-state index contributed by atoms with van der Waals surface area (Å²) in [7, 11) is 0. The van der Waals surface area contributed by atoms with Gasteiger partial charge in [0.2, 0.25) is 5.95 Å². The highest BCUT2D eigenvalue weighted by Crippen LogP contribution is 2.23. The van der Waals surface area contributed by atoms with Crippen LogP contribution >= 0.6 is 0 Å². The molecular weight excluding hydrogens is 214 g/mol. The molecule has 5 heteroatoms. The molecule has 2 unspecified atom stereocenters. The van der Waals surface area contributed by atoms with Crippen LogP contribution in [0.15, 0.2) is 12.3 Å². The zero-order valence-corrected chi connectivity index (χ0v) is 10.0. The molecule has 0 bridgehead atoms. The first-order chi connectivity index (χ1) is 8.22. The van der Waals surface area contributed by atoms with Gasteiger partial charge >= 0.3 is 0 Å². The Morgan fingerprint density at radius 3 is 3.12 bits per heavy atom. The summed E-state index contributed by atoms with van der Waals surface area (Å²) in [4.78, 5) is 10.6. The van der Waals surface area contributed by atoms with Crippen LogP contribution in [0.25, 0.3) is 0 Å². The lowest BCUT2D eigenvalue weighted by molar-refractivity contribution is 0.408. The van der Waals surface area contributed by atoms with E-state index in [4.69, 9.17) is 11.0 Å². The molecule has 2 N–H and O–H groups in total. The van der Waals surface area contributed by atoms with Crippen molar-refractivity contribution >= 4 is 5.95 Å². The third-order valence-electron chi connectivity index (χ3n) is 3.17. The first-order valence-electron chi connectivity index (χ1n) is 5.97. The Morgan fingerprint density at radius 1 is 1.59 bits per heavy atom. The summed E-state index contributed by atoms with van der Waals surface area (Å²) < 4.78 is 0. The molecule has 5 nitrogen and oxygen atoms in total. The molecule has 1 aromatic heterocycles. The molecule has 17 heavy (non-hydrogen) atoms. The van der Waals surface area contributed by atoms with Crippen molar-refractivity contribution in [1.29, 1.82) is 5.26 Å². The van der Waals surface area contributed by atoms with Gasteiger partial charge in [-0.25, -0.2) is 9.97 Å². The highest BCUT2D eigenvalue weighted by Gasteiger charge is 2.27. The lowest BCUT2D eigenvalue weighted by Crippen LogP contribution is -2.50. The average molecular weight is 231 g/mol. The lowest BCUT2D eigenvalue weighted by Gasteiger charge is -2.37. The highest BCUT2D eigenvalue weighted by molar-refractivity contribution is 5.36. The molecule has 0 aliphatic carbocycles. The van der Waals surface area contributed by atoms with Crippen molar-refractivity contribution in [2.24, 2.45) is 5.73 Å². The molecule has 2 heterocycles. The highest BCUT2D eigenvalue weighted by atomic mass is 15.3. The fraction of sp³-hybridized carbons (Fsp3) is 0.583. The summed E-state index contributed by atoms with van der Waals surface area (Å²) in [5, 5.41) is 8.85. The number of piperidine rings is 1. The van der Waals surface area contributed by atoms with Crippen LogP contribution in [-0.4, -0.2) is 28.6 Å². The van der Waals surface area contributed by atoms with Crippen molar-refractivity contribution in [3.63, 3.8) is 0 Å². The van der Waals surface area contributed by atoms with Crippen LogP contribution in [0, 0.1) is 11.3 Å². The Hall–Kier alpha value is -1.67. The van der Waals surface area contributed by atoms with Crippen LogP contribution in [0.4, 0.5) is 5.95 Å². The van der Waals surface area contributed by atoms with Gasteiger partial charge in [0.15, 0.2) is 0 Å². The molecule has 1 aromatic rings. The number of nitriles is 1. The van der Waals surface area contributed by atoms with E-state index in [0.29, 0.717) is 11.6 Å². The smallest absolute Gasteiger partial charge is 0.226 e. The minimum Gasteiger partial charge on any atom is -0.336 e. The number of hydrogen-bond acceptors (Lipinski definition) is 5. The second kappa shape index (κ2) is 5.11. The standard InChI is InChI=1S/C12H17N5/c1-9(14)11-4-2-3-7-17(11)12-15-6-5-10(8-13)16-12/h5-6,9,11H,2-4,7,14H2,1H3. The van der Waals surface area contributed by atoms with Crippen molar-refractivity contribution in [2.45, 2.75) is 38.3 Å². The van der Waals surface area contributed by atoms with Gasteiger partial charge in [0, 0.05) is 24.8 Å². The minimum atomic E-state index is 0.0876. The summed E-state index contributed by atoms with van der Waals surface area (Å²) in [6.45, 7) is 2.93. The van der Waals surface area contributed by atoms with Crippen molar-refractivity contribution in [2.75, 3.05) is 11.4 Å². The first-order valence-corrected chi connectivity index (χ1v) is 5.97. The fourth-order valence-electron chi connectivity index (χ4n) is 2.30. The molecule has 1 aliphatic heterocycles. The Balaban J connectivity index is 2.26. The monoisotopic (exact) mass is 231 g/mol. The molecule has 2 atom stereocenters. The Bertz CT molecular complexity index is 423. The Morgan fingerprint density at radius 2 is 2.41 bits per heavy atom. The molecule has 1 aliphatic rings. The zero-order valence-electron chi connectivity index (χ0n) is 10.0. The van der Waals surface area contributed by atoms with Gasteiger partial charge in [-0.3, -0.25) is 0 Å². The number of rotatable bonds is 2. The van der Waals surface area contributed by atoms with Crippen LogP contribution < -0.4 is 10.6 Å². The lowest BCUT2D eigenvalue weighted by atomic mass is 9.97. The van der Waals surface area contributed by atoms with Crippen molar-refractivity contribution in [1.82, 2.24) is 9.97 Å². The first kappa shape index (κ1) is 11.8. The normalized spacial score (nSPS) is 21.9. The topological polar surface area (TPSA) is 78.8 Å². The van der Waals surface area contributed by atoms with Gasteiger partial charge in [-0.15, -0.1) is 0 Å². The van der Waals surface area contributed by atoms with Gasteiger partial charge < -0.3 is 10.6 Å². The third-order valence-corrected chi connectivity index (χ3v) is 3.17. The molecule has 1 fully saturated rings. The molecule has 0 spiro atoms. The van der Waals surface area contributed by atoms with E-state index in [1.165, 1.54) is 6.42 Å². The van der Waals surface area contributed by atoms with E-state index in [-0.39, 0.29) is 12.1 Å². The van der Waals surface area contributed by atoms with Gasteiger partial charge in [0.05, 0.1) is 0 Å². The fourth-order valence-corrected chi connectivity index (χ4v) is 2.30. The predicted octanol–water partition coefficient (Wildman–Crippen LogP) is 1.05. The molecule has 90 valence electrons. The second-order valence-electron chi connectivity index (χ2n) is 4.47. The van der Waals surface area contributed by atoms with E-state index in [1.54, 1.807) is 12.3 Å². The molecule has 0 aromatic carbocycles. The third kappa shape index (κ3) is 2.53.